The van der Waals surface area contributed by atoms with E-state index in [-0.39, 0.29) is 78.4 Å². The highest BCUT2D eigenvalue weighted by atomic mass is 32.1. The summed E-state index contributed by atoms with van der Waals surface area (Å²) in [5, 5.41) is 5.34. The van der Waals surface area contributed by atoms with Crippen LogP contribution in [-0.2, 0) is 65.0 Å². The molecule has 1 atom stereocenters. The minimum atomic E-state index is -0.206. The fourth-order valence-electron chi connectivity index (χ4n) is 29.0. The summed E-state index contributed by atoms with van der Waals surface area (Å²) in [6.45, 7) is 69.2. The highest BCUT2D eigenvalue weighted by Gasteiger charge is 2.55. The van der Waals surface area contributed by atoms with E-state index in [0.29, 0.717) is 5.92 Å². The van der Waals surface area contributed by atoms with Gasteiger partial charge in [0.1, 0.15) is 0 Å². The van der Waals surface area contributed by atoms with Gasteiger partial charge in [-0.15, -0.1) is 22.7 Å². The molecule has 26 rings (SSSR count). The first-order valence-corrected chi connectivity index (χ1v) is 54.7. The van der Waals surface area contributed by atoms with Crippen LogP contribution >= 0.6 is 22.7 Å². The molecule has 8 heteroatoms. The molecule has 0 radical (unpaired) electrons. The number of rotatable bonds is 4. The molecule has 0 spiro atoms. The van der Waals surface area contributed by atoms with Gasteiger partial charge in [0, 0.05) is 109 Å². The maximum absolute atomic E-state index is 2.78. The van der Waals surface area contributed by atoms with Gasteiger partial charge >= 0.3 is 0 Å². The van der Waals surface area contributed by atoms with Crippen LogP contribution in [0.3, 0.4) is 0 Å². The molecule has 14 aromatic carbocycles. The van der Waals surface area contributed by atoms with Gasteiger partial charge in [0.25, 0.3) is 13.4 Å². The smallest absolute Gasteiger partial charge is 0.252 e. The van der Waals surface area contributed by atoms with Crippen molar-refractivity contribution in [3.05, 3.63) is 342 Å². The van der Waals surface area contributed by atoms with Crippen molar-refractivity contribution in [1.29, 1.82) is 0 Å². The van der Waals surface area contributed by atoms with E-state index < -0.39 is 0 Å². The highest BCUT2D eigenvalue weighted by molar-refractivity contribution is 7.27. The number of hydrogen-bond acceptors (Lipinski definition) is 6. The van der Waals surface area contributed by atoms with Crippen LogP contribution in [0.4, 0.5) is 68.2 Å². The third-order valence-electron chi connectivity index (χ3n) is 38.0. The maximum Gasteiger partial charge on any atom is 0.252 e. The van der Waals surface area contributed by atoms with E-state index in [1.54, 1.807) is 0 Å². The number of fused-ring (bicyclic) bond motifs is 22. The summed E-state index contributed by atoms with van der Waals surface area (Å²) in [5.74, 6) is 0.535. The molecule has 2 aromatic heterocycles. The Labute approximate surface area is 849 Å². The average molecular weight is 1880 g/mol. The average Bonchev–Trinajstić information content (AvgIpc) is 1.18. The van der Waals surface area contributed by atoms with Gasteiger partial charge in [-0.3, -0.25) is 0 Å². The monoisotopic (exact) mass is 1880 g/mol. The van der Waals surface area contributed by atoms with E-state index in [4.69, 9.17) is 0 Å². The van der Waals surface area contributed by atoms with Gasteiger partial charge in [-0.1, -0.05) is 326 Å². The molecule has 6 heterocycles. The predicted octanol–water partition coefficient (Wildman–Crippen LogP) is 33.3. The van der Waals surface area contributed by atoms with E-state index in [1.807, 2.05) is 22.7 Å². The lowest BCUT2D eigenvalue weighted by Crippen LogP contribution is -2.62. The Kier molecular flexibility index (Phi) is 19.2. The number of nitrogens with zero attached hydrogens (tertiary/aromatic N) is 4. The van der Waals surface area contributed by atoms with Crippen LogP contribution < -0.4 is 52.4 Å². The summed E-state index contributed by atoms with van der Waals surface area (Å²) in [7, 11) is 0. The summed E-state index contributed by atoms with van der Waals surface area (Å²) in [4.78, 5) is 11.0. The zero-order valence-electron chi connectivity index (χ0n) is 89.0. The normalized spacial score (nSPS) is 20.2. The minimum Gasteiger partial charge on any atom is -0.311 e. The molecule has 6 aliphatic carbocycles. The molecule has 10 aliphatic rings. The van der Waals surface area contributed by atoms with Gasteiger partial charge in [0.05, 0.1) is 20.8 Å². The first-order chi connectivity index (χ1) is 66.5. The van der Waals surface area contributed by atoms with Crippen LogP contribution in [0.1, 0.15) is 343 Å². The molecule has 16 aromatic rings. The van der Waals surface area contributed by atoms with E-state index in [9.17, 15) is 0 Å². The summed E-state index contributed by atoms with van der Waals surface area (Å²) in [6.07, 6.45) is 9.50. The van der Waals surface area contributed by atoms with Crippen LogP contribution in [0.25, 0.3) is 40.3 Å². The quantitative estimate of drug-likeness (QED) is 0.163. The molecule has 0 saturated heterocycles. The van der Waals surface area contributed by atoms with E-state index >= 15 is 0 Å². The zero-order chi connectivity index (χ0) is 98.7. The molecule has 141 heavy (non-hydrogen) atoms. The summed E-state index contributed by atoms with van der Waals surface area (Å²) in [6, 6.07) is 95.5. The van der Waals surface area contributed by atoms with Crippen molar-refractivity contribution in [3.63, 3.8) is 0 Å². The Hall–Kier alpha value is -11.2. The Bertz CT molecular complexity index is 8170. The Morgan fingerprint density at radius 2 is 0.589 bits per heavy atom. The third kappa shape index (κ3) is 12.9. The van der Waals surface area contributed by atoms with Crippen molar-refractivity contribution in [1.82, 2.24) is 0 Å². The van der Waals surface area contributed by atoms with Gasteiger partial charge in [0.15, 0.2) is 0 Å². The van der Waals surface area contributed by atoms with Crippen molar-refractivity contribution in [2.24, 2.45) is 0 Å². The molecule has 0 amide bonds. The van der Waals surface area contributed by atoms with Crippen LogP contribution in [0.2, 0.25) is 0 Å². The molecule has 4 nitrogen and oxygen atoms in total. The number of benzene rings is 14. The molecular weight excluding hydrogens is 1740 g/mol. The number of anilines is 12. The van der Waals surface area contributed by atoms with Crippen LogP contribution in [-0.4, -0.2) is 13.4 Å². The number of aryl methyl sites for hydroxylation is 2. The molecule has 4 aliphatic heterocycles. The topological polar surface area (TPSA) is 13.0 Å². The molecule has 0 bridgehead atoms. The van der Waals surface area contributed by atoms with Crippen molar-refractivity contribution >= 4 is 177 Å². The van der Waals surface area contributed by atoms with Crippen LogP contribution in [0.15, 0.2) is 237 Å². The lowest BCUT2D eigenvalue weighted by Gasteiger charge is -2.50. The van der Waals surface area contributed by atoms with E-state index in [0.717, 1.165) is 0 Å². The second-order valence-corrected chi connectivity index (χ2v) is 54.7. The molecule has 0 saturated carbocycles. The predicted molar refractivity (Wildman–Crippen MR) is 613 cm³/mol. The number of thiophene rings is 2. The van der Waals surface area contributed by atoms with Crippen molar-refractivity contribution in [2.45, 2.75) is 316 Å². The zero-order valence-corrected chi connectivity index (χ0v) is 90.6. The van der Waals surface area contributed by atoms with Crippen molar-refractivity contribution in [2.75, 3.05) is 19.6 Å². The Morgan fingerprint density at radius 3 is 1.01 bits per heavy atom. The second kappa shape index (κ2) is 29.8. The Morgan fingerprint density at radius 1 is 0.270 bits per heavy atom. The van der Waals surface area contributed by atoms with Crippen molar-refractivity contribution < 1.29 is 0 Å². The molecular formula is C133H140B2N4S2. The van der Waals surface area contributed by atoms with Gasteiger partial charge in [-0.05, 0) is 344 Å². The van der Waals surface area contributed by atoms with Crippen LogP contribution in [0, 0.1) is 13.8 Å². The van der Waals surface area contributed by atoms with E-state index in [1.165, 1.54) is 298 Å². The molecule has 710 valence electrons. The number of hydrogen-bond donors (Lipinski definition) is 0. The minimum absolute atomic E-state index is 0.00467. The summed E-state index contributed by atoms with van der Waals surface area (Å²) < 4.78 is 5.36. The first kappa shape index (κ1) is 91.1. The molecule has 0 N–H and O–H groups in total. The standard InChI is InChI=1S/C68H73BN2S.C65H67BN2S/c1-39-27-28-64(6,7)47-36-55(40(2)31-44(39)47)71-57-38-51-50(67(12,13)45-23-17-18-24-46(45)68(51,14)15)35-53(57)69-52-34-48-49(66(10,11)30-29-65(48,8)9)37-56(52)70(58-32-41(63(3,4)5)33-59(71)61(58)69)54-25-20-22-43-42-21-16-19-26-60(42)72-62(43)54;1-38-31-55-58-56(32-38)68(52-23-18-20-41-40-19-14-17-24-57(40)69-59(41)52)54-37-49-48(64(10,11)43-21-15-16-22-44(43)65(49,12)13)35-51(54)66(58)50-34-46-47(63(8,9)30-29-62(46,6)7)36-53(50)67(55)39-25-26-42-45(33-39)61(4,5)28-27-60(42,2)3/h16-26,31-39H,27-30H2,1-15H3;14-26,31-37H,27-30H2,1-13H3. The lowest BCUT2D eigenvalue weighted by molar-refractivity contribution is 0.332. The maximum atomic E-state index is 2.78. The van der Waals surface area contributed by atoms with Gasteiger partial charge in [-0.25, -0.2) is 0 Å². The lowest BCUT2D eigenvalue weighted by atomic mass is 9.32. The van der Waals surface area contributed by atoms with Gasteiger partial charge < -0.3 is 19.6 Å². The first-order valence-electron chi connectivity index (χ1n) is 53.1. The third-order valence-corrected chi connectivity index (χ3v) is 40.4. The van der Waals surface area contributed by atoms with Crippen LogP contribution in [0.5, 0.6) is 0 Å². The van der Waals surface area contributed by atoms with Gasteiger partial charge in [0.2, 0.25) is 0 Å². The SMILES string of the molecule is Cc1cc2c(cc1N1c3cc4c(cc3B3c5cc6c(cc5N(c5cccc7c5sc5ccccc57)c5cc(C(C)(C)C)cc1c53)C(C)(C)CCC6(C)C)C(C)(C)c1ccccc1C4(C)C)C(C)(C)CCC2C.Cc1cc2c3c(c1)N(c1cccc4c1sc1ccccc14)c1cc4c(cc1B3c1cc3c(cc1N2c1ccc2c(c1)C(C)(C)CCC2(C)C)C(C)(C)CCC3(C)C)C(C)(C)c1ccccc1C4(C)C. The van der Waals surface area contributed by atoms with Gasteiger partial charge in [-0.2, -0.15) is 0 Å². The summed E-state index contributed by atoms with van der Waals surface area (Å²) >= 11 is 3.89. The fraction of sp³-hybridized carbons (Fsp3) is 0.368. The second-order valence-electron chi connectivity index (χ2n) is 52.6. The largest absolute Gasteiger partial charge is 0.311 e. The fourth-order valence-corrected chi connectivity index (χ4v) is 31.4. The molecule has 0 fully saturated rings. The Balaban J connectivity index is 0.000000149. The summed E-state index contributed by atoms with van der Waals surface area (Å²) in [5.41, 5.74) is 51.4. The van der Waals surface area contributed by atoms with Crippen molar-refractivity contribution in [3.8, 4) is 0 Å². The highest BCUT2D eigenvalue weighted by Crippen LogP contribution is 2.62. The molecule has 1 unspecified atom stereocenters. The van der Waals surface area contributed by atoms with E-state index in [2.05, 4.69) is 450 Å².